The van der Waals surface area contributed by atoms with Gasteiger partial charge in [-0.05, 0) is 13.8 Å². The van der Waals surface area contributed by atoms with Crippen molar-refractivity contribution in [3.63, 3.8) is 0 Å². The van der Waals surface area contributed by atoms with Gasteiger partial charge in [-0.2, -0.15) is 0 Å². The van der Waals surface area contributed by atoms with Crippen LogP contribution in [0.1, 0.15) is 20.3 Å². The van der Waals surface area contributed by atoms with E-state index in [1.807, 2.05) is 13.8 Å². The van der Waals surface area contributed by atoms with Crippen LogP contribution >= 0.6 is 0 Å². The molecule has 0 radical (unpaired) electrons. The minimum Gasteiger partial charge on any atom is -0.353 e. The summed E-state index contributed by atoms with van der Waals surface area (Å²) in [6, 6.07) is 0. The summed E-state index contributed by atoms with van der Waals surface area (Å²) in [6.07, 6.45) is 1.54. The minimum absolute atomic E-state index is 0.233. The topological polar surface area (TPSA) is 80.3 Å². The molecule has 0 aliphatic heterocycles. The van der Waals surface area contributed by atoms with Gasteiger partial charge < -0.3 is 14.0 Å². The van der Waals surface area contributed by atoms with Gasteiger partial charge in [0.15, 0.2) is 17.5 Å². The number of nitrogens with zero attached hydrogens (tertiary/aromatic N) is 4. The number of ether oxygens (including phenoxy) is 2. The van der Waals surface area contributed by atoms with Crippen LogP contribution in [0.25, 0.3) is 11.2 Å². The zero-order valence-electron chi connectivity index (χ0n) is 13.4. The summed E-state index contributed by atoms with van der Waals surface area (Å²) >= 11 is 0. The Labute approximate surface area is 127 Å². The highest BCUT2D eigenvalue weighted by molar-refractivity contribution is 5.69. The van der Waals surface area contributed by atoms with Crippen LogP contribution in [0.4, 0.5) is 0 Å². The summed E-state index contributed by atoms with van der Waals surface area (Å²) in [7, 11) is 3.34. The molecule has 0 unspecified atom stereocenters. The van der Waals surface area contributed by atoms with Crippen molar-refractivity contribution in [1.29, 1.82) is 0 Å². The number of aromatic nitrogens is 4. The van der Waals surface area contributed by atoms with E-state index in [1.54, 1.807) is 18.7 Å². The monoisotopic (exact) mass is 310 g/mol. The van der Waals surface area contributed by atoms with Crippen LogP contribution in [0.2, 0.25) is 0 Å². The summed E-state index contributed by atoms with van der Waals surface area (Å²) in [6.45, 7) is 5.01. The third kappa shape index (κ3) is 2.97. The van der Waals surface area contributed by atoms with Gasteiger partial charge in [0.05, 0.1) is 6.33 Å². The van der Waals surface area contributed by atoms with E-state index < -0.39 is 6.29 Å². The van der Waals surface area contributed by atoms with Crippen LogP contribution in [0, 0.1) is 0 Å². The van der Waals surface area contributed by atoms with Crippen LogP contribution < -0.4 is 11.2 Å². The Kier molecular flexibility index (Phi) is 5.15. The normalized spacial score (nSPS) is 11.7. The number of hydrogen-bond donors (Lipinski definition) is 0. The lowest BCUT2D eigenvalue weighted by Gasteiger charge is -2.17. The van der Waals surface area contributed by atoms with E-state index in [0.717, 1.165) is 0 Å². The second kappa shape index (κ2) is 6.89. The van der Waals surface area contributed by atoms with Gasteiger partial charge in [-0.1, -0.05) is 0 Å². The van der Waals surface area contributed by atoms with Gasteiger partial charge in [-0.25, -0.2) is 9.78 Å². The molecule has 0 atom stereocenters. The molecular formula is C14H22N4O4. The van der Waals surface area contributed by atoms with Gasteiger partial charge in [0.25, 0.3) is 5.56 Å². The maximum absolute atomic E-state index is 12.5. The molecule has 0 bridgehead atoms. The van der Waals surface area contributed by atoms with Gasteiger partial charge in [0.1, 0.15) is 0 Å². The maximum atomic E-state index is 12.5. The summed E-state index contributed by atoms with van der Waals surface area (Å²) in [5.41, 5.74) is 0.0687. The molecule has 8 heteroatoms. The molecule has 0 saturated heterocycles. The number of hydrogen-bond acceptors (Lipinski definition) is 5. The lowest BCUT2D eigenvalue weighted by atomic mass is 10.4. The van der Waals surface area contributed by atoms with Gasteiger partial charge in [-0.3, -0.25) is 13.9 Å². The van der Waals surface area contributed by atoms with Gasteiger partial charge >= 0.3 is 5.69 Å². The van der Waals surface area contributed by atoms with E-state index in [0.29, 0.717) is 30.8 Å². The third-order valence-electron chi connectivity index (χ3n) is 3.49. The Bertz CT molecular complexity index is 753. The number of rotatable bonds is 7. The minimum atomic E-state index is -0.422. The Hall–Kier alpha value is -1.93. The summed E-state index contributed by atoms with van der Waals surface area (Å²) in [4.78, 5) is 29.0. The summed E-state index contributed by atoms with van der Waals surface area (Å²) in [5, 5.41) is 0. The van der Waals surface area contributed by atoms with E-state index in [2.05, 4.69) is 4.98 Å². The fourth-order valence-electron chi connectivity index (χ4n) is 2.41. The molecule has 2 rings (SSSR count). The second-order valence-corrected chi connectivity index (χ2v) is 4.95. The summed E-state index contributed by atoms with van der Waals surface area (Å²) in [5.74, 6) is 0. The molecule has 2 aromatic heterocycles. The predicted octanol–water partition coefficient (Wildman–Crippen LogP) is 0.223. The molecule has 2 heterocycles. The molecule has 0 aliphatic carbocycles. The number of fused-ring (bicyclic) bond motifs is 1. The quantitative estimate of drug-likeness (QED) is 0.684. The molecule has 0 N–H and O–H groups in total. The van der Waals surface area contributed by atoms with Crippen molar-refractivity contribution in [3.8, 4) is 0 Å². The maximum Gasteiger partial charge on any atom is 0.332 e. The average Bonchev–Trinajstić information content (AvgIpc) is 2.87. The highest BCUT2D eigenvalue weighted by atomic mass is 16.7. The SMILES string of the molecule is CCOC(CCn1c(=O)c2c(ncn2C)n(C)c1=O)OCC. The second-order valence-electron chi connectivity index (χ2n) is 4.95. The van der Waals surface area contributed by atoms with E-state index in [-0.39, 0.29) is 17.8 Å². The predicted molar refractivity (Wildman–Crippen MR) is 81.9 cm³/mol. The van der Waals surface area contributed by atoms with Crippen molar-refractivity contribution >= 4 is 11.2 Å². The standard InChI is InChI=1S/C14H22N4O4/c1-5-21-10(22-6-2)7-8-18-13(19)11-12(15-9-16(11)3)17(4)14(18)20/h9-10H,5-8H2,1-4H3. The van der Waals surface area contributed by atoms with Crippen LogP contribution in [0.5, 0.6) is 0 Å². The van der Waals surface area contributed by atoms with Crippen molar-refractivity contribution in [2.75, 3.05) is 13.2 Å². The molecule has 0 saturated carbocycles. The first-order chi connectivity index (χ1) is 10.5. The molecule has 0 aromatic carbocycles. The summed E-state index contributed by atoms with van der Waals surface area (Å²) < 4.78 is 15.1. The van der Waals surface area contributed by atoms with Crippen molar-refractivity contribution in [2.24, 2.45) is 14.1 Å². The molecule has 22 heavy (non-hydrogen) atoms. The van der Waals surface area contributed by atoms with E-state index >= 15 is 0 Å². The molecular weight excluding hydrogens is 288 g/mol. The van der Waals surface area contributed by atoms with Crippen LogP contribution in [0.3, 0.4) is 0 Å². The fraction of sp³-hybridized carbons (Fsp3) is 0.643. The number of aryl methyl sites for hydroxylation is 2. The largest absolute Gasteiger partial charge is 0.353 e. The Balaban J connectivity index is 2.37. The molecule has 2 aromatic rings. The smallest absolute Gasteiger partial charge is 0.332 e. The van der Waals surface area contributed by atoms with Gasteiger partial charge in [0, 0.05) is 40.3 Å². The Morgan fingerprint density at radius 1 is 1.18 bits per heavy atom. The lowest BCUT2D eigenvalue weighted by molar-refractivity contribution is -0.141. The molecule has 0 aliphatic rings. The molecule has 0 fully saturated rings. The van der Waals surface area contributed by atoms with Crippen molar-refractivity contribution in [1.82, 2.24) is 18.7 Å². The van der Waals surface area contributed by atoms with E-state index in [4.69, 9.17) is 9.47 Å². The zero-order chi connectivity index (χ0) is 16.3. The first-order valence-electron chi connectivity index (χ1n) is 7.35. The van der Waals surface area contributed by atoms with Gasteiger partial charge in [-0.15, -0.1) is 0 Å². The van der Waals surface area contributed by atoms with Crippen LogP contribution in [0.15, 0.2) is 15.9 Å². The molecule has 0 spiro atoms. The zero-order valence-corrected chi connectivity index (χ0v) is 13.4. The highest BCUT2D eigenvalue weighted by Crippen LogP contribution is 2.05. The van der Waals surface area contributed by atoms with Crippen LogP contribution in [-0.2, 0) is 30.1 Å². The fourth-order valence-corrected chi connectivity index (χ4v) is 2.41. The van der Waals surface area contributed by atoms with Crippen molar-refractivity contribution in [2.45, 2.75) is 33.1 Å². The molecule has 0 amide bonds. The number of imidazole rings is 1. The van der Waals surface area contributed by atoms with Gasteiger partial charge in [0.2, 0.25) is 0 Å². The average molecular weight is 310 g/mol. The van der Waals surface area contributed by atoms with Crippen molar-refractivity contribution in [3.05, 3.63) is 27.2 Å². The molecule has 8 nitrogen and oxygen atoms in total. The Morgan fingerprint density at radius 2 is 1.82 bits per heavy atom. The Morgan fingerprint density at radius 3 is 2.41 bits per heavy atom. The third-order valence-corrected chi connectivity index (χ3v) is 3.49. The molecule has 122 valence electrons. The van der Waals surface area contributed by atoms with E-state index in [1.165, 1.54) is 15.5 Å². The van der Waals surface area contributed by atoms with E-state index in [9.17, 15) is 9.59 Å². The lowest BCUT2D eigenvalue weighted by Crippen LogP contribution is -2.40. The first kappa shape index (κ1) is 16.4. The van der Waals surface area contributed by atoms with Crippen LogP contribution in [-0.4, -0.2) is 38.2 Å². The first-order valence-corrected chi connectivity index (χ1v) is 7.35. The van der Waals surface area contributed by atoms with Crippen molar-refractivity contribution < 1.29 is 9.47 Å². The highest BCUT2D eigenvalue weighted by Gasteiger charge is 2.16.